The second kappa shape index (κ2) is 6.77. The van der Waals surface area contributed by atoms with Crippen molar-refractivity contribution in [3.05, 3.63) is 63.4 Å². The zero-order valence-corrected chi connectivity index (χ0v) is 12.2. The molecule has 2 aromatic rings. The summed E-state index contributed by atoms with van der Waals surface area (Å²) >= 11 is 11.7. The molecule has 0 saturated carbocycles. The molecule has 0 aliphatic carbocycles. The molecule has 0 radical (unpaired) electrons. The number of halogens is 3. The molecule has 108 valence electrons. The lowest BCUT2D eigenvalue weighted by Crippen LogP contribution is -2.11. The summed E-state index contributed by atoms with van der Waals surface area (Å²) in [6.07, 6.45) is -1.04. The van der Waals surface area contributed by atoms with Crippen LogP contribution < -0.4 is 4.74 Å². The Morgan fingerprint density at radius 1 is 1.24 bits per heavy atom. The first-order valence-electron chi connectivity index (χ1n) is 5.96. The van der Waals surface area contributed by atoms with Gasteiger partial charge in [-0.2, -0.15) is 5.26 Å². The van der Waals surface area contributed by atoms with E-state index in [1.165, 1.54) is 18.2 Å². The van der Waals surface area contributed by atoms with Crippen molar-refractivity contribution in [3.63, 3.8) is 0 Å². The number of aliphatic hydroxyl groups excluding tert-OH is 1. The van der Waals surface area contributed by atoms with Crippen molar-refractivity contribution in [2.24, 2.45) is 0 Å². The van der Waals surface area contributed by atoms with Crippen LogP contribution in [-0.2, 0) is 0 Å². The summed E-state index contributed by atoms with van der Waals surface area (Å²) in [7, 11) is 0. The van der Waals surface area contributed by atoms with Gasteiger partial charge in [-0.15, -0.1) is 0 Å². The summed E-state index contributed by atoms with van der Waals surface area (Å²) in [6.45, 7) is -0.201. The minimum Gasteiger partial charge on any atom is -0.487 e. The van der Waals surface area contributed by atoms with Gasteiger partial charge in [-0.1, -0.05) is 29.3 Å². The van der Waals surface area contributed by atoms with Gasteiger partial charge in [-0.25, -0.2) is 4.39 Å². The third-order valence-corrected chi connectivity index (χ3v) is 3.34. The van der Waals surface area contributed by atoms with E-state index < -0.39 is 11.9 Å². The minimum atomic E-state index is -1.04. The third-order valence-electron chi connectivity index (χ3n) is 2.78. The highest BCUT2D eigenvalue weighted by molar-refractivity contribution is 6.35. The first-order chi connectivity index (χ1) is 10.0. The molecule has 0 aliphatic rings. The van der Waals surface area contributed by atoms with Crippen LogP contribution in [0.15, 0.2) is 36.4 Å². The highest BCUT2D eigenvalue weighted by Gasteiger charge is 2.14. The Labute approximate surface area is 131 Å². The van der Waals surface area contributed by atoms with Crippen LogP contribution in [0.25, 0.3) is 0 Å². The molecule has 0 aromatic heterocycles. The van der Waals surface area contributed by atoms with E-state index in [1.54, 1.807) is 12.1 Å². The van der Waals surface area contributed by atoms with Crippen LogP contribution in [0.3, 0.4) is 0 Å². The third kappa shape index (κ3) is 3.85. The van der Waals surface area contributed by atoms with Gasteiger partial charge in [0.25, 0.3) is 0 Å². The van der Waals surface area contributed by atoms with E-state index in [-0.39, 0.29) is 17.9 Å². The topological polar surface area (TPSA) is 53.2 Å². The van der Waals surface area contributed by atoms with E-state index >= 15 is 0 Å². The lowest BCUT2D eigenvalue weighted by atomic mass is 10.1. The molecule has 3 nitrogen and oxygen atoms in total. The zero-order valence-electron chi connectivity index (χ0n) is 10.7. The number of nitriles is 1. The van der Waals surface area contributed by atoms with Crippen LogP contribution in [-0.4, -0.2) is 11.7 Å². The predicted molar refractivity (Wildman–Crippen MR) is 78.0 cm³/mol. The quantitative estimate of drug-likeness (QED) is 0.920. The summed E-state index contributed by atoms with van der Waals surface area (Å²) in [4.78, 5) is 0. The lowest BCUT2D eigenvalue weighted by molar-refractivity contribution is 0.106. The van der Waals surface area contributed by atoms with Crippen molar-refractivity contribution in [2.75, 3.05) is 6.61 Å². The maximum atomic E-state index is 13.5. The molecule has 0 heterocycles. The number of hydrogen-bond donors (Lipinski definition) is 1. The van der Waals surface area contributed by atoms with Crippen molar-refractivity contribution in [3.8, 4) is 11.8 Å². The van der Waals surface area contributed by atoms with Crippen LogP contribution in [0.5, 0.6) is 5.75 Å². The maximum Gasteiger partial charge on any atom is 0.165 e. The van der Waals surface area contributed by atoms with Crippen molar-refractivity contribution < 1.29 is 14.2 Å². The van der Waals surface area contributed by atoms with Crippen LogP contribution in [0, 0.1) is 17.1 Å². The summed E-state index contributed by atoms with van der Waals surface area (Å²) < 4.78 is 18.7. The second-order valence-corrected chi connectivity index (χ2v) is 5.09. The molecule has 0 spiro atoms. The van der Waals surface area contributed by atoms with Crippen molar-refractivity contribution in [2.45, 2.75) is 6.10 Å². The van der Waals surface area contributed by atoms with Crippen LogP contribution in [0.4, 0.5) is 4.39 Å². The Morgan fingerprint density at radius 3 is 2.67 bits per heavy atom. The number of nitrogens with zero attached hydrogens (tertiary/aromatic N) is 1. The Kier molecular flexibility index (Phi) is 5.03. The fraction of sp³-hybridized carbons (Fsp3) is 0.133. The van der Waals surface area contributed by atoms with Gasteiger partial charge in [-0.3, -0.25) is 0 Å². The van der Waals surface area contributed by atoms with Gasteiger partial charge in [0.2, 0.25) is 0 Å². The highest BCUT2D eigenvalue weighted by atomic mass is 35.5. The lowest BCUT2D eigenvalue weighted by Gasteiger charge is -2.14. The Balaban J connectivity index is 2.11. The molecule has 0 aliphatic heterocycles. The van der Waals surface area contributed by atoms with Crippen LogP contribution in [0.2, 0.25) is 10.0 Å². The summed E-state index contributed by atoms with van der Waals surface area (Å²) in [5.74, 6) is -0.707. The first-order valence-corrected chi connectivity index (χ1v) is 6.72. The van der Waals surface area contributed by atoms with Gasteiger partial charge >= 0.3 is 0 Å². The monoisotopic (exact) mass is 325 g/mol. The average Bonchev–Trinajstić information content (AvgIpc) is 2.46. The summed E-state index contributed by atoms with van der Waals surface area (Å²) in [6, 6.07) is 10.3. The van der Waals surface area contributed by atoms with Crippen molar-refractivity contribution >= 4 is 23.2 Å². The van der Waals surface area contributed by atoms with Gasteiger partial charge in [-0.05, 0) is 24.3 Å². The van der Waals surface area contributed by atoms with E-state index in [1.807, 2.05) is 6.07 Å². The molecule has 1 N–H and O–H groups in total. The molecule has 21 heavy (non-hydrogen) atoms. The van der Waals surface area contributed by atoms with Gasteiger partial charge in [0.05, 0.1) is 11.6 Å². The maximum absolute atomic E-state index is 13.5. The standard InChI is InChI=1S/C15H10Cl2FNO2/c16-10-2-3-11(12(17)6-10)14(20)8-21-15-5-9(7-19)1-4-13(15)18/h1-6,14,20H,8H2. The smallest absolute Gasteiger partial charge is 0.165 e. The second-order valence-electron chi connectivity index (χ2n) is 4.25. The largest absolute Gasteiger partial charge is 0.487 e. The average molecular weight is 326 g/mol. The molecule has 0 amide bonds. The van der Waals surface area contributed by atoms with E-state index in [0.717, 1.165) is 6.07 Å². The number of ether oxygens (including phenoxy) is 1. The molecule has 0 saturated heterocycles. The highest BCUT2D eigenvalue weighted by Crippen LogP contribution is 2.27. The number of rotatable bonds is 4. The van der Waals surface area contributed by atoms with Gasteiger partial charge < -0.3 is 9.84 Å². The molecule has 1 atom stereocenters. The molecular formula is C15H10Cl2FNO2. The molecule has 2 aromatic carbocycles. The predicted octanol–water partition coefficient (Wildman–Crippen LogP) is 4.12. The first kappa shape index (κ1) is 15.6. The Hall–Kier alpha value is -1.80. The minimum absolute atomic E-state index is 0.0989. The molecule has 6 heteroatoms. The van der Waals surface area contributed by atoms with Crippen LogP contribution in [0.1, 0.15) is 17.2 Å². The Bertz CT molecular complexity index is 701. The molecule has 1 unspecified atom stereocenters. The Morgan fingerprint density at radius 2 is 2.00 bits per heavy atom. The number of benzene rings is 2. The fourth-order valence-electron chi connectivity index (χ4n) is 1.71. The molecule has 0 fully saturated rings. The van der Waals surface area contributed by atoms with Gasteiger partial charge in [0.1, 0.15) is 12.7 Å². The van der Waals surface area contributed by atoms with E-state index in [0.29, 0.717) is 15.6 Å². The zero-order chi connectivity index (χ0) is 15.4. The van der Waals surface area contributed by atoms with Crippen molar-refractivity contribution in [1.29, 1.82) is 5.26 Å². The van der Waals surface area contributed by atoms with Gasteiger partial charge in [0.15, 0.2) is 11.6 Å². The number of hydrogen-bond acceptors (Lipinski definition) is 3. The van der Waals surface area contributed by atoms with Crippen LogP contribution >= 0.6 is 23.2 Å². The van der Waals surface area contributed by atoms with E-state index in [4.69, 9.17) is 33.2 Å². The molecular weight excluding hydrogens is 316 g/mol. The van der Waals surface area contributed by atoms with Gasteiger partial charge in [0, 0.05) is 21.7 Å². The van der Waals surface area contributed by atoms with Crippen molar-refractivity contribution in [1.82, 2.24) is 0 Å². The fourth-order valence-corrected chi connectivity index (χ4v) is 2.25. The normalized spacial score (nSPS) is 11.8. The SMILES string of the molecule is N#Cc1ccc(F)c(OCC(O)c2ccc(Cl)cc2Cl)c1. The van der Waals surface area contributed by atoms with E-state index in [9.17, 15) is 9.50 Å². The molecule has 2 rings (SSSR count). The number of aliphatic hydroxyl groups is 1. The summed E-state index contributed by atoms with van der Waals surface area (Å²) in [5, 5.41) is 19.5. The molecule has 0 bridgehead atoms. The summed E-state index contributed by atoms with van der Waals surface area (Å²) in [5.41, 5.74) is 0.698. The van der Waals surface area contributed by atoms with E-state index in [2.05, 4.69) is 0 Å².